The maximum absolute atomic E-state index is 14.4. The van der Waals surface area contributed by atoms with Gasteiger partial charge in [0, 0.05) is 19.5 Å². The number of amides is 2. The number of benzene rings is 4. The first-order valence-electron chi connectivity index (χ1n) is 14.5. The molecule has 9 heteroatoms. The molecule has 0 aromatic heterocycles. The molecule has 230 valence electrons. The number of sulfonamides is 1. The zero-order valence-corrected chi connectivity index (χ0v) is 26.8. The molecule has 4 aromatic carbocycles. The van der Waals surface area contributed by atoms with E-state index in [1.807, 2.05) is 81.4 Å². The number of hydrogen-bond donors (Lipinski definition) is 1. The molecule has 0 aliphatic carbocycles. The van der Waals surface area contributed by atoms with Crippen LogP contribution < -0.4 is 9.62 Å². The van der Waals surface area contributed by atoms with Crippen molar-refractivity contribution in [1.82, 2.24) is 10.2 Å². The first-order valence-corrected chi connectivity index (χ1v) is 16.4. The number of halogens is 1. The van der Waals surface area contributed by atoms with Crippen molar-refractivity contribution in [1.29, 1.82) is 0 Å². The summed E-state index contributed by atoms with van der Waals surface area (Å²) >= 11 is 6.53. The highest BCUT2D eigenvalue weighted by Crippen LogP contribution is 2.31. The SMILES string of the molecule is Cc1ccc(S(=O)(=O)N(CC(=O)N(Cc2ccccc2)[C@@H](Cc2ccccc2)C(=O)NCC(C)C)c2ccccc2Cl)cc1. The van der Waals surface area contributed by atoms with Crippen LogP contribution in [0.1, 0.15) is 30.5 Å². The average Bonchev–Trinajstić information content (AvgIpc) is 3.02. The lowest BCUT2D eigenvalue weighted by molar-refractivity contribution is -0.140. The summed E-state index contributed by atoms with van der Waals surface area (Å²) in [6.07, 6.45) is 0.250. The molecule has 4 rings (SSSR count). The summed E-state index contributed by atoms with van der Waals surface area (Å²) in [6, 6.07) is 30.9. The molecule has 4 aromatic rings. The third kappa shape index (κ3) is 8.49. The lowest BCUT2D eigenvalue weighted by atomic mass is 10.0. The Kier molecular flexibility index (Phi) is 11.2. The Balaban J connectivity index is 1.79. The third-order valence-electron chi connectivity index (χ3n) is 7.16. The standard InChI is InChI=1S/C35H38ClN3O4S/c1-26(2)23-37-35(41)33(22-28-12-6-4-7-13-28)38(24-29-14-8-5-9-15-29)34(40)25-39(32-17-11-10-16-31(32)36)44(42,43)30-20-18-27(3)19-21-30/h4-21,26,33H,22-25H2,1-3H3,(H,37,41)/t33-/m0/s1. The topological polar surface area (TPSA) is 86.8 Å². The molecule has 0 heterocycles. The summed E-state index contributed by atoms with van der Waals surface area (Å²) in [5, 5.41) is 3.17. The van der Waals surface area contributed by atoms with Crippen molar-refractivity contribution in [2.24, 2.45) is 5.92 Å². The van der Waals surface area contributed by atoms with Gasteiger partial charge in [-0.05, 0) is 48.2 Å². The number of carbonyl (C=O) groups excluding carboxylic acids is 2. The summed E-state index contributed by atoms with van der Waals surface area (Å²) in [7, 11) is -4.22. The van der Waals surface area contributed by atoms with Crippen molar-refractivity contribution >= 4 is 39.1 Å². The van der Waals surface area contributed by atoms with E-state index >= 15 is 0 Å². The van der Waals surface area contributed by atoms with Gasteiger partial charge in [-0.15, -0.1) is 0 Å². The van der Waals surface area contributed by atoms with E-state index in [1.54, 1.807) is 36.4 Å². The van der Waals surface area contributed by atoms with Crippen LogP contribution in [0.2, 0.25) is 5.02 Å². The predicted octanol–water partition coefficient (Wildman–Crippen LogP) is 6.26. The number of nitrogens with zero attached hydrogens (tertiary/aromatic N) is 2. The number of anilines is 1. The maximum Gasteiger partial charge on any atom is 0.264 e. The van der Waals surface area contributed by atoms with Crippen molar-refractivity contribution < 1.29 is 18.0 Å². The number of nitrogens with one attached hydrogen (secondary N) is 1. The molecule has 0 spiro atoms. The molecular formula is C35H38ClN3O4S. The van der Waals surface area contributed by atoms with Gasteiger partial charge >= 0.3 is 0 Å². The van der Waals surface area contributed by atoms with Gasteiger partial charge in [-0.2, -0.15) is 0 Å². The highest BCUT2D eigenvalue weighted by molar-refractivity contribution is 7.92. The fraction of sp³-hybridized carbons (Fsp3) is 0.257. The van der Waals surface area contributed by atoms with Crippen LogP contribution in [0, 0.1) is 12.8 Å². The van der Waals surface area contributed by atoms with Gasteiger partial charge in [0.1, 0.15) is 12.6 Å². The Labute approximate surface area is 265 Å². The van der Waals surface area contributed by atoms with Gasteiger partial charge in [-0.25, -0.2) is 8.42 Å². The fourth-order valence-corrected chi connectivity index (χ4v) is 6.48. The summed E-state index contributed by atoms with van der Waals surface area (Å²) < 4.78 is 29.2. The molecule has 0 saturated carbocycles. The van der Waals surface area contributed by atoms with Crippen LogP contribution in [0.4, 0.5) is 5.69 Å². The van der Waals surface area contributed by atoms with E-state index < -0.39 is 28.5 Å². The quantitative estimate of drug-likeness (QED) is 0.189. The number of hydrogen-bond acceptors (Lipinski definition) is 4. The van der Waals surface area contributed by atoms with Crippen molar-refractivity contribution in [3.8, 4) is 0 Å². The van der Waals surface area contributed by atoms with Gasteiger partial charge in [-0.3, -0.25) is 13.9 Å². The van der Waals surface area contributed by atoms with Gasteiger partial charge in [0.2, 0.25) is 11.8 Å². The Hall–Kier alpha value is -4.14. The minimum Gasteiger partial charge on any atom is -0.354 e. The molecule has 0 aliphatic rings. The Morgan fingerprint density at radius 2 is 1.36 bits per heavy atom. The van der Waals surface area contributed by atoms with Crippen molar-refractivity contribution in [3.63, 3.8) is 0 Å². The van der Waals surface area contributed by atoms with E-state index in [9.17, 15) is 18.0 Å². The molecular weight excluding hydrogens is 594 g/mol. The summed E-state index contributed by atoms with van der Waals surface area (Å²) in [6.45, 7) is 5.84. The zero-order chi connectivity index (χ0) is 31.7. The smallest absolute Gasteiger partial charge is 0.264 e. The van der Waals surface area contributed by atoms with Crippen LogP contribution in [0.15, 0.2) is 114 Å². The van der Waals surface area contributed by atoms with E-state index in [0.717, 1.165) is 21.0 Å². The molecule has 0 bridgehead atoms. The van der Waals surface area contributed by atoms with Crippen LogP contribution in [-0.2, 0) is 32.6 Å². The molecule has 0 radical (unpaired) electrons. The summed E-state index contributed by atoms with van der Waals surface area (Å²) in [5.41, 5.74) is 2.75. The minimum atomic E-state index is -4.22. The van der Waals surface area contributed by atoms with E-state index in [2.05, 4.69) is 5.32 Å². The largest absolute Gasteiger partial charge is 0.354 e. The second-order valence-electron chi connectivity index (χ2n) is 11.1. The molecule has 44 heavy (non-hydrogen) atoms. The Bertz CT molecular complexity index is 1650. The van der Waals surface area contributed by atoms with E-state index in [4.69, 9.17) is 11.6 Å². The number of carbonyl (C=O) groups is 2. The predicted molar refractivity (Wildman–Crippen MR) is 176 cm³/mol. The number of aryl methyl sites for hydroxylation is 1. The molecule has 0 aliphatic heterocycles. The average molecular weight is 632 g/mol. The highest BCUT2D eigenvalue weighted by atomic mass is 35.5. The van der Waals surface area contributed by atoms with E-state index in [1.165, 1.54) is 17.0 Å². The van der Waals surface area contributed by atoms with Crippen LogP contribution in [0.25, 0.3) is 0 Å². The fourth-order valence-electron chi connectivity index (χ4n) is 4.76. The first-order chi connectivity index (χ1) is 21.1. The molecule has 0 fully saturated rings. The molecule has 7 nitrogen and oxygen atoms in total. The zero-order valence-electron chi connectivity index (χ0n) is 25.2. The number of para-hydroxylation sites is 1. The van der Waals surface area contributed by atoms with Crippen molar-refractivity contribution in [3.05, 3.63) is 131 Å². The first kappa shape index (κ1) is 32.8. The molecule has 1 atom stereocenters. The lowest BCUT2D eigenvalue weighted by Crippen LogP contribution is -2.53. The molecule has 0 unspecified atom stereocenters. The summed E-state index contributed by atoms with van der Waals surface area (Å²) in [5.74, 6) is -0.646. The van der Waals surface area contributed by atoms with E-state index in [-0.39, 0.29) is 40.4 Å². The maximum atomic E-state index is 14.4. The molecule has 2 amide bonds. The van der Waals surface area contributed by atoms with Crippen molar-refractivity contribution in [2.45, 2.75) is 44.7 Å². The van der Waals surface area contributed by atoms with E-state index in [0.29, 0.717) is 6.54 Å². The number of rotatable bonds is 13. The van der Waals surface area contributed by atoms with Crippen LogP contribution in [0.5, 0.6) is 0 Å². The molecule has 0 saturated heterocycles. The second kappa shape index (κ2) is 15.0. The van der Waals surface area contributed by atoms with Crippen LogP contribution >= 0.6 is 11.6 Å². The summed E-state index contributed by atoms with van der Waals surface area (Å²) in [4.78, 5) is 29.7. The monoisotopic (exact) mass is 631 g/mol. The van der Waals surface area contributed by atoms with Gasteiger partial charge in [0.05, 0.1) is 15.6 Å². The normalized spacial score (nSPS) is 12.0. The van der Waals surface area contributed by atoms with Gasteiger partial charge in [-0.1, -0.05) is 116 Å². The van der Waals surface area contributed by atoms with Gasteiger partial charge in [0.15, 0.2) is 0 Å². The lowest BCUT2D eigenvalue weighted by Gasteiger charge is -2.34. The van der Waals surface area contributed by atoms with Gasteiger partial charge < -0.3 is 10.2 Å². The second-order valence-corrected chi connectivity index (χ2v) is 13.4. The molecule has 1 N–H and O–H groups in total. The minimum absolute atomic E-state index is 0.0286. The van der Waals surface area contributed by atoms with Gasteiger partial charge in [0.25, 0.3) is 10.0 Å². The Morgan fingerprint density at radius 3 is 1.95 bits per heavy atom. The van der Waals surface area contributed by atoms with Crippen LogP contribution in [-0.4, -0.2) is 44.3 Å². The third-order valence-corrected chi connectivity index (χ3v) is 9.25. The van der Waals surface area contributed by atoms with Crippen molar-refractivity contribution in [2.75, 3.05) is 17.4 Å². The highest BCUT2D eigenvalue weighted by Gasteiger charge is 2.35. The van der Waals surface area contributed by atoms with Crippen LogP contribution in [0.3, 0.4) is 0 Å². The Morgan fingerprint density at radius 1 is 0.795 bits per heavy atom.